The molecule has 2 aromatic carbocycles. The van der Waals surface area contributed by atoms with E-state index in [1.54, 1.807) is 37.1 Å². The Morgan fingerprint density at radius 3 is 2.69 bits per heavy atom. The van der Waals surface area contributed by atoms with Crippen molar-refractivity contribution >= 4 is 17.2 Å². The highest BCUT2D eigenvalue weighted by atomic mass is 19.1. The second-order valence-corrected chi connectivity index (χ2v) is 8.15. The average molecular weight is 476 g/mol. The molecule has 0 aliphatic rings. The molecule has 6 nitrogen and oxygen atoms in total. The molecule has 0 atom stereocenters. The van der Waals surface area contributed by atoms with E-state index >= 15 is 0 Å². The van der Waals surface area contributed by atoms with Crippen molar-refractivity contribution in [2.45, 2.75) is 6.42 Å². The van der Waals surface area contributed by atoms with Crippen molar-refractivity contribution in [2.24, 2.45) is 0 Å². The summed E-state index contributed by atoms with van der Waals surface area (Å²) in [6.07, 6.45) is 9.67. The van der Waals surface area contributed by atoms with Crippen LogP contribution in [0.5, 0.6) is 0 Å². The van der Waals surface area contributed by atoms with E-state index in [-0.39, 0.29) is 11.8 Å². The molecule has 0 bridgehead atoms. The van der Waals surface area contributed by atoms with Crippen molar-refractivity contribution < 1.29 is 9.18 Å². The zero-order valence-electron chi connectivity index (χ0n) is 19.3. The van der Waals surface area contributed by atoms with Crippen LogP contribution in [-0.2, 0) is 6.42 Å². The molecule has 5 rings (SSSR count). The maximum absolute atomic E-state index is 13.3. The minimum absolute atomic E-state index is 0.301. The van der Waals surface area contributed by atoms with Crippen LogP contribution in [-0.4, -0.2) is 26.9 Å². The summed E-state index contributed by atoms with van der Waals surface area (Å²) in [5.74, 6) is 5.98. The largest absolute Gasteiger partial charge is 0.338 e. The van der Waals surface area contributed by atoms with Gasteiger partial charge in [0, 0.05) is 41.9 Å². The number of carbonyl (C=O) groups is 1. The van der Waals surface area contributed by atoms with Crippen LogP contribution in [0.3, 0.4) is 0 Å². The number of halogens is 1. The summed E-state index contributed by atoms with van der Waals surface area (Å²) >= 11 is 0. The first-order valence-corrected chi connectivity index (χ1v) is 11.4. The van der Waals surface area contributed by atoms with Crippen molar-refractivity contribution in [3.63, 3.8) is 0 Å². The Bertz CT molecular complexity index is 1570. The zero-order valence-corrected chi connectivity index (χ0v) is 19.3. The van der Waals surface area contributed by atoms with Crippen molar-refractivity contribution in [1.29, 1.82) is 0 Å². The molecule has 5 aromatic rings. The summed E-state index contributed by atoms with van der Waals surface area (Å²) < 4.78 is 15.2. The Morgan fingerprint density at radius 2 is 1.86 bits per heavy atom. The van der Waals surface area contributed by atoms with Crippen LogP contribution in [0.15, 0.2) is 97.8 Å². The molecule has 0 aliphatic carbocycles. The fraction of sp³-hybridized carbons (Fsp3) is 0.0690. The second kappa shape index (κ2) is 10.5. The van der Waals surface area contributed by atoms with Crippen molar-refractivity contribution in [2.75, 3.05) is 11.9 Å². The Hall–Kier alpha value is -4.96. The molecule has 7 heteroatoms. The number of nitrogens with one attached hydrogen (secondary N) is 2. The lowest BCUT2D eigenvalue weighted by Gasteiger charge is -2.11. The summed E-state index contributed by atoms with van der Waals surface area (Å²) in [6, 6.07) is 19.2. The average Bonchev–Trinajstić information content (AvgIpc) is 3.37. The van der Waals surface area contributed by atoms with Crippen LogP contribution in [0.25, 0.3) is 16.6 Å². The van der Waals surface area contributed by atoms with E-state index in [0.717, 1.165) is 27.8 Å². The topological polar surface area (TPSA) is 71.3 Å². The van der Waals surface area contributed by atoms with Crippen LogP contribution in [0.1, 0.15) is 16.7 Å². The molecule has 0 spiro atoms. The van der Waals surface area contributed by atoms with Gasteiger partial charge in [-0.2, -0.15) is 0 Å². The molecule has 36 heavy (non-hydrogen) atoms. The lowest BCUT2D eigenvalue weighted by Crippen LogP contribution is -2.30. The van der Waals surface area contributed by atoms with Gasteiger partial charge in [-0.1, -0.05) is 24.0 Å². The van der Waals surface area contributed by atoms with Gasteiger partial charge in [0.05, 0.1) is 18.0 Å². The number of nitrogens with zero attached hydrogens (tertiary/aromatic N) is 3. The normalized spacial score (nSPS) is 10.5. The minimum Gasteiger partial charge on any atom is -0.338 e. The van der Waals surface area contributed by atoms with E-state index in [0.29, 0.717) is 24.2 Å². The Labute approximate surface area is 207 Å². The molecule has 0 fully saturated rings. The van der Waals surface area contributed by atoms with E-state index in [2.05, 4.69) is 32.4 Å². The predicted octanol–water partition coefficient (Wildman–Crippen LogP) is 5.30. The van der Waals surface area contributed by atoms with Gasteiger partial charge in [-0.05, 0) is 77.7 Å². The van der Waals surface area contributed by atoms with Crippen LogP contribution in [0.4, 0.5) is 14.9 Å². The Balaban J connectivity index is 1.38. The van der Waals surface area contributed by atoms with Gasteiger partial charge in [0.2, 0.25) is 0 Å². The highest BCUT2D eigenvalue weighted by molar-refractivity contribution is 5.90. The van der Waals surface area contributed by atoms with Gasteiger partial charge in [0.25, 0.3) is 0 Å². The van der Waals surface area contributed by atoms with E-state index in [1.165, 1.54) is 12.1 Å². The molecule has 0 aliphatic heterocycles. The maximum Gasteiger partial charge on any atom is 0.319 e. The highest BCUT2D eigenvalue weighted by Gasteiger charge is 2.09. The van der Waals surface area contributed by atoms with Gasteiger partial charge in [0.15, 0.2) is 0 Å². The molecular weight excluding hydrogens is 453 g/mol. The maximum atomic E-state index is 13.3. The first kappa shape index (κ1) is 22.8. The summed E-state index contributed by atoms with van der Waals surface area (Å²) in [7, 11) is 0. The number of pyridine rings is 2. The number of carbonyl (C=O) groups excluding carboxylic acids is 1. The Morgan fingerprint density at radius 1 is 0.972 bits per heavy atom. The van der Waals surface area contributed by atoms with Crippen molar-refractivity contribution in [3.8, 4) is 23.0 Å². The molecule has 0 saturated carbocycles. The zero-order chi connectivity index (χ0) is 24.7. The smallest absolute Gasteiger partial charge is 0.319 e. The number of fused-ring (bicyclic) bond motifs is 1. The number of amides is 2. The quantitative estimate of drug-likeness (QED) is 0.339. The SMILES string of the molecule is O=C(NCCc1cccnc1)Nc1ccc(-c2ccn3cncc3c2)c(C#Cc2ccc(F)cc2)c1. The first-order chi connectivity index (χ1) is 17.6. The number of urea groups is 1. The summed E-state index contributed by atoms with van der Waals surface area (Å²) in [6.45, 7) is 0.484. The molecule has 2 amide bonds. The molecule has 2 N–H and O–H groups in total. The highest BCUT2D eigenvalue weighted by Crippen LogP contribution is 2.27. The van der Waals surface area contributed by atoms with Gasteiger partial charge in [-0.25, -0.2) is 14.2 Å². The van der Waals surface area contributed by atoms with Gasteiger partial charge in [-0.15, -0.1) is 0 Å². The number of hydrogen-bond donors (Lipinski definition) is 2. The fourth-order valence-corrected chi connectivity index (χ4v) is 3.78. The molecule has 0 saturated heterocycles. The predicted molar refractivity (Wildman–Crippen MR) is 138 cm³/mol. The lowest BCUT2D eigenvalue weighted by atomic mass is 9.99. The lowest BCUT2D eigenvalue weighted by molar-refractivity contribution is 0.252. The Kier molecular flexibility index (Phi) is 6.68. The number of benzene rings is 2. The fourth-order valence-electron chi connectivity index (χ4n) is 3.78. The van der Waals surface area contributed by atoms with Crippen LogP contribution in [0, 0.1) is 17.7 Å². The molecule has 0 unspecified atom stereocenters. The molecular formula is C29H22FN5O. The summed E-state index contributed by atoms with van der Waals surface area (Å²) in [4.78, 5) is 20.7. The van der Waals surface area contributed by atoms with Gasteiger partial charge < -0.3 is 15.0 Å². The number of aromatic nitrogens is 3. The third-order valence-electron chi connectivity index (χ3n) is 5.61. The third kappa shape index (κ3) is 5.57. The molecule has 176 valence electrons. The molecule has 0 radical (unpaired) electrons. The van der Waals surface area contributed by atoms with Gasteiger partial charge in [0.1, 0.15) is 5.82 Å². The van der Waals surface area contributed by atoms with Crippen molar-refractivity contribution in [3.05, 3.63) is 120 Å². The first-order valence-electron chi connectivity index (χ1n) is 11.4. The second-order valence-electron chi connectivity index (χ2n) is 8.15. The third-order valence-corrected chi connectivity index (χ3v) is 5.61. The van der Waals surface area contributed by atoms with Crippen LogP contribution in [0.2, 0.25) is 0 Å². The standard InChI is InChI=1S/C29H22FN5O/c30-25-7-4-21(5-8-25)3-6-23-16-26(34-29(36)33-14-11-22-2-1-13-31-18-22)9-10-28(23)24-12-15-35-20-32-19-27(35)17-24/h1-2,4-5,7-10,12-13,15-20H,11,14H2,(H2,33,34,36). The van der Waals surface area contributed by atoms with E-state index in [9.17, 15) is 9.18 Å². The summed E-state index contributed by atoms with van der Waals surface area (Å²) in [5.41, 5.74) is 5.94. The number of anilines is 1. The van der Waals surface area contributed by atoms with Gasteiger partial charge >= 0.3 is 6.03 Å². The van der Waals surface area contributed by atoms with Gasteiger partial charge in [-0.3, -0.25) is 4.98 Å². The number of hydrogen-bond acceptors (Lipinski definition) is 3. The van der Waals surface area contributed by atoms with Crippen molar-refractivity contribution in [1.82, 2.24) is 19.7 Å². The summed E-state index contributed by atoms with van der Waals surface area (Å²) in [5, 5.41) is 5.75. The number of imidazole rings is 1. The van der Waals surface area contributed by atoms with Crippen LogP contribution < -0.4 is 10.6 Å². The molecule has 3 heterocycles. The monoisotopic (exact) mass is 475 g/mol. The van der Waals surface area contributed by atoms with E-state index in [1.807, 2.05) is 53.1 Å². The molecule has 3 aromatic heterocycles. The van der Waals surface area contributed by atoms with E-state index < -0.39 is 0 Å². The number of rotatable bonds is 5. The minimum atomic E-state index is -0.309. The van der Waals surface area contributed by atoms with E-state index in [4.69, 9.17) is 0 Å². The van der Waals surface area contributed by atoms with Crippen LogP contribution >= 0.6 is 0 Å².